The third-order valence-corrected chi connectivity index (χ3v) is 2.88. The van der Waals surface area contributed by atoms with Gasteiger partial charge in [0.15, 0.2) is 0 Å². The minimum Gasteiger partial charge on any atom is -0.489 e. The molecule has 1 aliphatic rings. The molecule has 0 aliphatic heterocycles. The number of nitrogens with one attached hydrogen (secondary N) is 1. The summed E-state index contributed by atoms with van der Waals surface area (Å²) in [5, 5.41) is 3.51. The number of ether oxygens (including phenoxy) is 1. The summed E-state index contributed by atoms with van der Waals surface area (Å²) < 4.78 is 5.77. The molecule has 0 saturated heterocycles. The van der Waals surface area contributed by atoms with Crippen LogP contribution in [0.1, 0.15) is 26.2 Å². The first-order valence-corrected chi connectivity index (χ1v) is 5.79. The van der Waals surface area contributed by atoms with E-state index in [1.807, 2.05) is 30.3 Å². The summed E-state index contributed by atoms with van der Waals surface area (Å²) in [6.07, 6.45) is 4.29. The van der Waals surface area contributed by atoms with Gasteiger partial charge in [-0.15, -0.1) is 0 Å². The van der Waals surface area contributed by atoms with Crippen molar-refractivity contribution in [3.63, 3.8) is 0 Å². The summed E-state index contributed by atoms with van der Waals surface area (Å²) >= 11 is 0. The number of hydrogen-bond donors (Lipinski definition) is 1. The molecule has 0 spiro atoms. The SMILES string of the molecule is CC(CNC1CCC1)Oc1ccccc1. The molecule has 1 fully saturated rings. The van der Waals surface area contributed by atoms with Crippen molar-refractivity contribution < 1.29 is 4.74 Å². The van der Waals surface area contributed by atoms with Crippen molar-refractivity contribution in [2.75, 3.05) is 6.54 Å². The Kier molecular flexibility index (Phi) is 3.62. The zero-order valence-electron chi connectivity index (χ0n) is 9.28. The normalized spacial score (nSPS) is 18.2. The van der Waals surface area contributed by atoms with Crippen LogP contribution in [0.2, 0.25) is 0 Å². The van der Waals surface area contributed by atoms with E-state index in [-0.39, 0.29) is 6.10 Å². The largest absolute Gasteiger partial charge is 0.489 e. The predicted octanol–water partition coefficient (Wildman–Crippen LogP) is 2.60. The van der Waals surface area contributed by atoms with E-state index in [1.54, 1.807) is 0 Å². The number of hydrogen-bond acceptors (Lipinski definition) is 2. The van der Waals surface area contributed by atoms with Gasteiger partial charge in [0.1, 0.15) is 11.9 Å². The van der Waals surface area contributed by atoms with Gasteiger partial charge in [0, 0.05) is 12.6 Å². The smallest absolute Gasteiger partial charge is 0.119 e. The van der Waals surface area contributed by atoms with Gasteiger partial charge in [0.05, 0.1) is 0 Å². The van der Waals surface area contributed by atoms with Crippen molar-refractivity contribution in [2.45, 2.75) is 38.3 Å². The van der Waals surface area contributed by atoms with E-state index in [2.05, 4.69) is 12.2 Å². The van der Waals surface area contributed by atoms with Gasteiger partial charge in [-0.2, -0.15) is 0 Å². The third kappa shape index (κ3) is 3.24. The Morgan fingerprint density at radius 3 is 2.67 bits per heavy atom. The first-order valence-electron chi connectivity index (χ1n) is 5.79. The first-order chi connectivity index (χ1) is 7.34. The van der Waals surface area contributed by atoms with Gasteiger partial charge in [-0.25, -0.2) is 0 Å². The van der Waals surface area contributed by atoms with Crippen molar-refractivity contribution in [2.24, 2.45) is 0 Å². The van der Waals surface area contributed by atoms with Crippen LogP contribution in [0, 0.1) is 0 Å². The summed E-state index contributed by atoms with van der Waals surface area (Å²) in [4.78, 5) is 0. The second-order valence-corrected chi connectivity index (χ2v) is 4.28. The Morgan fingerprint density at radius 1 is 1.33 bits per heavy atom. The van der Waals surface area contributed by atoms with Crippen molar-refractivity contribution in [1.29, 1.82) is 0 Å². The predicted molar refractivity (Wildman–Crippen MR) is 62.2 cm³/mol. The second kappa shape index (κ2) is 5.17. The van der Waals surface area contributed by atoms with Gasteiger partial charge < -0.3 is 10.1 Å². The Hall–Kier alpha value is -1.02. The Balaban J connectivity index is 1.69. The summed E-state index contributed by atoms with van der Waals surface area (Å²) in [7, 11) is 0. The lowest BCUT2D eigenvalue weighted by Gasteiger charge is -2.28. The lowest BCUT2D eigenvalue weighted by Crippen LogP contribution is -2.40. The highest BCUT2D eigenvalue weighted by Crippen LogP contribution is 2.18. The fourth-order valence-corrected chi connectivity index (χ4v) is 1.72. The van der Waals surface area contributed by atoms with E-state index in [9.17, 15) is 0 Å². The number of para-hydroxylation sites is 1. The molecule has 2 rings (SSSR count). The van der Waals surface area contributed by atoms with E-state index in [0.717, 1.165) is 18.3 Å². The molecule has 1 N–H and O–H groups in total. The van der Waals surface area contributed by atoms with E-state index < -0.39 is 0 Å². The average Bonchev–Trinajstić information content (AvgIpc) is 2.17. The zero-order valence-corrected chi connectivity index (χ0v) is 9.28. The second-order valence-electron chi connectivity index (χ2n) is 4.28. The van der Waals surface area contributed by atoms with Crippen molar-refractivity contribution in [3.8, 4) is 5.75 Å². The monoisotopic (exact) mass is 205 g/mol. The summed E-state index contributed by atoms with van der Waals surface area (Å²) in [6, 6.07) is 10.7. The zero-order chi connectivity index (χ0) is 10.5. The Bertz CT molecular complexity index is 282. The quantitative estimate of drug-likeness (QED) is 0.797. The molecule has 0 aromatic heterocycles. The molecule has 0 amide bonds. The van der Waals surface area contributed by atoms with Crippen LogP contribution in [0.15, 0.2) is 30.3 Å². The maximum atomic E-state index is 5.77. The standard InChI is InChI=1S/C13H19NO/c1-11(10-14-12-6-5-7-12)15-13-8-3-2-4-9-13/h2-4,8-9,11-12,14H,5-7,10H2,1H3. The van der Waals surface area contributed by atoms with Crippen molar-refractivity contribution in [3.05, 3.63) is 30.3 Å². The molecule has 0 heterocycles. The lowest BCUT2D eigenvalue weighted by atomic mass is 9.93. The minimum absolute atomic E-state index is 0.244. The van der Waals surface area contributed by atoms with Crippen LogP contribution in [0.3, 0.4) is 0 Å². The molecule has 1 aromatic carbocycles. The van der Waals surface area contributed by atoms with Gasteiger partial charge in [0.25, 0.3) is 0 Å². The molecule has 1 unspecified atom stereocenters. The molecule has 2 heteroatoms. The first kappa shape index (κ1) is 10.5. The van der Waals surface area contributed by atoms with E-state index >= 15 is 0 Å². The molecule has 1 saturated carbocycles. The van der Waals surface area contributed by atoms with Crippen molar-refractivity contribution >= 4 is 0 Å². The van der Waals surface area contributed by atoms with Gasteiger partial charge >= 0.3 is 0 Å². The van der Waals surface area contributed by atoms with Gasteiger partial charge in [0.2, 0.25) is 0 Å². The summed E-state index contributed by atoms with van der Waals surface area (Å²) in [5.74, 6) is 0.959. The van der Waals surface area contributed by atoms with Gasteiger partial charge in [-0.05, 0) is 31.9 Å². The molecule has 1 aliphatic carbocycles. The van der Waals surface area contributed by atoms with Crippen LogP contribution in [-0.2, 0) is 0 Å². The van der Waals surface area contributed by atoms with Crippen LogP contribution in [0.4, 0.5) is 0 Å². The number of benzene rings is 1. The molecule has 15 heavy (non-hydrogen) atoms. The lowest BCUT2D eigenvalue weighted by molar-refractivity contribution is 0.199. The minimum atomic E-state index is 0.244. The fraction of sp³-hybridized carbons (Fsp3) is 0.538. The highest BCUT2D eigenvalue weighted by atomic mass is 16.5. The van der Waals surface area contributed by atoms with Crippen LogP contribution >= 0.6 is 0 Å². The molecule has 0 radical (unpaired) electrons. The number of rotatable bonds is 5. The molecule has 82 valence electrons. The van der Waals surface area contributed by atoms with E-state index in [4.69, 9.17) is 4.74 Å². The third-order valence-electron chi connectivity index (χ3n) is 2.88. The van der Waals surface area contributed by atoms with E-state index in [1.165, 1.54) is 19.3 Å². The highest BCUT2D eigenvalue weighted by Gasteiger charge is 2.17. The van der Waals surface area contributed by atoms with Crippen LogP contribution in [0.25, 0.3) is 0 Å². The maximum absolute atomic E-state index is 5.77. The fourth-order valence-electron chi connectivity index (χ4n) is 1.72. The van der Waals surface area contributed by atoms with Crippen LogP contribution in [-0.4, -0.2) is 18.7 Å². The van der Waals surface area contributed by atoms with Crippen molar-refractivity contribution in [1.82, 2.24) is 5.32 Å². The molecule has 1 aromatic rings. The molecule has 2 nitrogen and oxygen atoms in total. The topological polar surface area (TPSA) is 21.3 Å². The maximum Gasteiger partial charge on any atom is 0.119 e. The summed E-state index contributed by atoms with van der Waals surface area (Å²) in [6.45, 7) is 3.05. The van der Waals surface area contributed by atoms with Gasteiger partial charge in [-0.3, -0.25) is 0 Å². The van der Waals surface area contributed by atoms with E-state index in [0.29, 0.717) is 0 Å². The van der Waals surface area contributed by atoms with Gasteiger partial charge in [-0.1, -0.05) is 24.6 Å². The molecule has 1 atom stereocenters. The molecular weight excluding hydrogens is 186 g/mol. The average molecular weight is 205 g/mol. The van der Waals surface area contributed by atoms with Crippen LogP contribution in [0.5, 0.6) is 5.75 Å². The Morgan fingerprint density at radius 2 is 2.07 bits per heavy atom. The Labute approximate surface area is 91.6 Å². The van der Waals surface area contributed by atoms with Crippen LogP contribution < -0.4 is 10.1 Å². The highest BCUT2D eigenvalue weighted by molar-refractivity contribution is 5.21. The summed E-state index contributed by atoms with van der Waals surface area (Å²) in [5.41, 5.74) is 0. The molecule has 0 bridgehead atoms. The molecular formula is C13H19NO.